The molecule has 0 bridgehead atoms. The highest BCUT2D eigenvalue weighted by atomic mass is 19.4. The van der Waals surface area contributed by atoms with Crippen molar-refractivity contribution in [3.05, 3.63) is 75.7 Å². The maximum atomic E-state index is 12.3. The molecule has 0 atom stereocenters. The largest absolute Gasteiger partial charge is 0.573 e. The van der Waals surface area contributed by atoms with Crippen LogP contribution in [0.2, 0.25) is 0 Å². The van der Waals surface area contributed by atoms with Crippen LogP contribution in [0.25, 0.3) is 11.3 Å². The number of carbonyl (C=O) groups excluding carboxylic acids is 1. The molecule has 0 aliphatic carbocycles. The molecule has 0 saturated heterocycles. The molecule has 4 aromatic rings. The van der Waals surface area contributed by atoms with E-state index in [-0.39, 0.29) is 35.6 Å². The van der Waals surface area contributed by atoms with E-state index in [2.05, 4.69) is 29.6 Å². The number of H-pyrrole nitrogens is 1. The lowest BCUT2D eigenvalue weighted by molar-refractivity contribution is -0.274. The summed E-state index contributed by atoms with van der Waals surface area (Å²) in [6, 6.07) is 11.2. The van der Waals surface area contributed by atoms with Crippen molar-refractivity contribution in [2.24, 2.45) is 0 Å². The minimum Gasteiger partial charge on any atom is -0.485 e. The molecule has 0 aliphatic heterocycles. The first-order chi connectivity index (χ1) is 15.3. The Hall–Kier alpha value is -4.22. The Morgan fingerprint density at radius 1 is 1.06 bits per heavy atom. The monoisotopic (exact) mass is 446 g/mol. The second-order valence-electron chi connectivity index (χ2n) is 6.56. The highest BCUT2D eigenvalue weighted by Crippen LogP contribution is 2.23. The first kappa shape index (κ1) is 21.0. The molecule has 0 fully saturated rings. The van der Waals surface area contributed by atoms with E-state index in [4.69, 9.17) is 4.74 Å². The number of hydrogen-bond donors (Lipinski definition) is 1. The van der Waals surface area contributed by atoms with Crippen LogP contribution in [0.4, 0.5) is 13.2 Å². The lowest BCUT2D eigenvalue weighted by Gasteiger charge is -2.10. The summed E-state index contributed by atoms with van der Waals surface area (Å²) in [4.78, 5) is 31.0. The third-order valence-corrected chi connectivity index (χ3v) is 4.26. The number of aromatic amines is 1. The summed E-state index contributed by atoms with van der Waals surface area (Å²) in [6.45, 7) is -0.335. The second-order valence-corrected chi connectivity index (χ2v) is 6.56. The quantitative estimate of drug-likeness (QED) is 0.430. The van der Waals surface area contributed by atoms with E-state index in [1.54, 1.807) is 24.3 Å². The van der Waals surface area contributed by atoms with E-state index in [1.165, 1.54) is 12.1 Å². The average molecular weight is 446 g/mol. The zero-order valence-electron chi connectivity index (χ0n) is 16.0. The summed E-state index contributed by atoms with van der Waals surface area (Å²) in [6.07, 6.45) is -4.64. The molecule has 164 valence electrons. The molecule has 12 heteroatoms. The molecular formula is C20H13F3N4O5. The van der Waals surface area contributed by atoms with Crippen molar-refractivity contribution in [1.82, 2.24) is 20.3 Å². The first-order valence-electron chi connectivity index (χ1n) is 9.09. The molecule has 1 N–H and O–H groups in total. The van der Waals surface area contributed by atoms with Gasteiger partial charge >= 0.3 is 6.36 Å². The van der Waals surface area contributed by atoms with Crippen LogP contribution in [0.3, 0.4) is 0 Å². The molecule has 0 amide bonds. The van der Waals surface area contributed by atoms with Crippen molar-refractivity contribution in [2.75, 3.05) is 6.61 Å². The SMILES string of the molecule is O=C(COc1cccc(Cc2nc3nonc3[nH]c2=O)c1)c1ccc(OC(F)(F)F)cc1. The van der Waals surface area contributed by atoms with Crippen molar-refractivity contribution < 1.29 is 32.1 Å². The van der Waals surface area contributed by atoms with E-state index in [0.717, 1.165) is 12.1 Å². The number of fused-ring (bicyclic) bond motifs is 1. The van der Waals surface area contributed by atoms with Gasteiger partial charge < -0.3 is 9.47 Å². The predicted molar refractivity (Wildman–Crippen MR) is 102 cm³/mol. The Morgan fingerprint density at radius 3 is 2.59 bits per heavy atom. The van der Waals surface area contributed by atoms with E-state index in [1.807, 2.05) is 0 Å². The summed E-state index contributed by atoms with van der Waals surface area (Å²) < 4.78 is 50.4. The van der Waals surface area contributed by atoms with Crippen molar-refractivity contribution in [3.63, 3.8) is 0 Å². The molecule has 32 heavy (non-hydrogen) atoms. The van der Waals surface area contributed by atoms with Gasteiger partial charge in [-0.1, -0.05) is 12.1 Å². The Labute approximate surface area is 176 Å². The number of aromatic nitrogens is 4. The summed E-state index contributed by atoms with van der Waals surface area (Å²) in [5.74, 6) is -0.490. The normalized spacial score (nSPS) is 11.5. The van der Waals surface area contributed by atoms with Crippen LogP contribution < -0.4 is 15.0 Å². The summed E-state index contributed by atoms with van der Waals surface area (Å²) >= 11 is 0. The predicted octanol–water partition coefficient (Wildman–Crippen LogP) is 3.06. The number of nitrogens with one attached hydrogen (secondary N) is 1. The molecule has 0 radical (unpaired) electrons. The zero-order chi connectivity index (χ0) is 22.7. The molecule has 2 heterocycles. The van der Waals surface area contributed by atoms with Gasteiger partial charge in [0.05, 0.1) is 0 Å². The molecule has 0 aliphatic rings. The minimum absolute atomic E-state index is 0.146. The summed E-state index contributed by atoms with van der Waals surface area (Å²) in [5, 5.41) is 7.10. The van der Waals surface area contributed by atoms with Crippen molar-refractivity contribution in [3.8, 4) is 11.5 Å². The molecule has 9 nitrogen and oxygen atoms in total. The summed E-state index contributed by atoms with van der Waals surface area (Å²) in [5.41, 5.74) is 0.935. The van der Waals surface area contributed by atoms with Crippen LogP contribution in [0.1, 0.15) is 21.6 Å². The number of benzene rings is 2. The van der Waals surface area contributed by atoms with Crippen LogP contribution in [-0.2, 0) is 6.42 Å². The number of Topliss-reactive ketones (excluding diaryl/α,β-unsaturated/α-hetero) is 1. The smallest absolute Gasteiger partial charge is 0.485 e. The highest BCUT2D eigenvalue weighted by Gasteiger charge is 2.31. The highest BCUT2D eigenvalue weighted by molar-refractivity contribution is 5.97. The number of ether oxygens (including phenoxy) is 2. The Balaban J connectivity index is 1.40. The topological polar surface area (TPSA) is 120 Å². The van der Waals surface area contributed by atoms with Gasteiger partial charge in [0.2, 0.25) is 11.3 Å². The number of rotatable bonds is 7. The van der Waals surface area contributed by atoms with Crippen molar-refractivity contribution >= 4 is 17.1 Å². The van der Waals surface area contributed by atoms with Gasteiger partial charge in [-0.3, -0.25) is 14.6 Å². The molecule has 0 spiro atoms. The van der Waals surface area contributed by atoms with Gasteiger partial charge in [0.15, 0.2) is 12.4 Å². The van der Waals surface area contributed by atoms with E-state index >= 15 is 0 Å². The Kier molecular flexibility index (Phi) is 5.58. The van der Waals surface area contributed by atoms with Gasteiger partial charge in [-0.05, 0) is 52.3 Å². The van der Waals surface area contributed by atoms with Crippen LogP contribution in [-0.4, -0.2) is 39.0 Å². The van der Waals surface area contributed by atoms with Gasteiger partial charge in [-0.25, -0.2) is 9.61 Å². The number of nitrogens with zero attached hydrogens (tertiary/aromatic N) is 3. The standard InChI is InChI=1S/C20H13F3N4O5/c21-20(22,23)31-13-6-4-12(5-7-13)16(28)10-30-14-3-1-2-11(8-14)9-15-19(29)25-18-17(24-15)26-32-27-18/h1-8H,9-10H2,(H,25,27,29). The zero-order valence-corrected chi connectivity index (χ0v) is 16.0. The molecule has 4 rings (SSSR count). The van der Waals surface area contributed by atoms with Crippen LogP contribution in [0.5, 0.6) is 11.5 Å². The summed E-state index contributed by atoms with van der Waals surface area (Å²) in [7, 11) is 0. The fourth-order valence-electron chi connectivity index (χ4n) is 2.83. The molecule has 0 unspecified atom stereocenters. The number of halogens is 3. The fourth-order valence-corrected chi connectivity index (χ4v) is 2.83. The third-order valence-electron chi connectivity index (χ3n) is 4.26. The number of carbonyl (C=O) groups is 1. The first-order valence-corrected chi connectivity index (χ1v) is 9.09. The molecular weight excluding hydrogens is 433 g/mol. The van der Waals surface area contributed by atoms with Gasteiger partial charge in [0, 0.05) is 12.0 Å². The number of hydrogen-bond acceptors (Lipinski definition) is 8. The lowest BCUT2D eigenvalue weighted by Crippen LogP contribution is -2.17. The minimum atomic E-state index is -4.81. The molecule has 0 saturated carbocycles. The Morgan fingerprint density at radius 2 is 1.84 bits per heavy atom. The number of ketones is 1. The van der Waals surface area contributed by atoms with Gasteiger partial charge in [0.25, 0.3) is 5.56 Å². The third kappa shape index (κ3) is 5.09. The fraction of sp³-hybridized carbons (Fsp3) is 0.150. The maximum Gasteiger partial charge on any atom is 0.573 e. The van der Waals surface area contributed by atoms with Crippen LogP contribution in [0, 0.1) is 0 Å². The Bertz CT molecular complexity index is 1320. The molecule has 2 aromatic carbocycles. The maximum absolute atomic E-state index is 12.3. The lowest BCUT2D eigenvalue weighted by atomic mass is 10.1. The van der Waals surface area contributed by atoms with Crippen molar-refractivity contribution in [2.45, 2.75) is 12.8 Å². The molecule has 2 aromatic heterocycles. The van der Waals surface area contributed by atoms with Crippen LogP contribution in [0.15, 0.2) is 58.0 Å². The van der Waals surface area contributed by atoms with Gasteiger partial charge in [-0.15, -0.1) is 13.2 Å². The van der Waals surface area contributed by atoms with Gasteiger partial charge in [0.1, 0.15) is 17.2 Å². The average Bonchev–Trinajstić information content (AvgIpc) is 3.19. The van der Waals surface area contributed by atoms with E-state index in [0.29, 0.717) is 11.3 Å². The second kappa shape index (κ2) is 8.49. The van der Waals surface area contributed by atoms with E-state index in [9.17, 15) is 22.8 Å². The van der Waals surface area contributed by atoms with Crippen molar-refractivity contribution in [1.29, 1.82) is 0 Å². The van der Waals surface area contributed by atoms with Gasteiger partial charge in [-0.2, -0.15) is 0 Å². The van der Waals surface area contributed by atoms with Crippen LogP contribution >= 0.6 is 0 Å². The van der Waals surface area contributed by atoms with E-state index < -0.39 is 23.5 Å². The number of alkyl halides is 3.